The first-order valence-electron chi connectivity index (χ1n) is 10.4. The minimum absolute atomic E-state index is 0.148. The molecule has 166 valence electrons. The van der Waals surface area contributed by atoms with Crippen molar-refractivity contribution in [1.82, 2.24) is 20.5 Å². The lowest BCUT2D eigenvalue weighted by molar-refractivity contribution is 0.164. The molecule has 2 aromatic rings. The van der Waals surface area contributed by atoms with Crippen LogP contribution in [0.2, 0.25) is 0 Å². The van der Waals surface area contributed by atoms with E-state index in [9.17, 15) is 14.0 Å². The van der Waals surface area contributed by atoms with E-state index in [0.29, 0.717) is 44.4 Å². The number of anilines is 1. The van der Waals surface area contributed by atoms with E-state index in [1.807, 2.05) is 19.1 Å². The summed E-state index contributed by atoms with van der Waals surface area (Å²) in [5.74, 6) is 0.261. The molecule has 8 nitrogen and oxygen atoms in total. The Hall–Kier alpha value is -3.36. The van der Waals surface area contributed by atoms with Crippen LogP contribution in [0.25, 0.3) is 0 Å². The molecule has 4 amide bonds. The van der Waals surface area contributed by atoms with Gasteiger partial charge >= 0.3 is 12.1 Å². The van der Waals surface area contributed by atoms with Gasteiger partial charge < -0.3 is 25.6 Å². The third-order valence-corrected chi connectivity index (χ3v) is 5.00. The van der Waals surface area contributed by atoms with Crippen LogP contribution in [0.1, 0.15) is 25.3 Å². The molecule has 1 fully saturated rings. The third-order valence-electron chi connectivity index (χ3n) is 5.00. The summed E-state index contributed by atoms with van der Waals surface area (Å²) in [6.45, 7) is 4.38. The largest absolute Gasteiger partial charge is 0.478 e. The number of hydrogen-bond acceptors (Lipinski definition) is 4. The van der Waals surface area contributed by atoms with Gasteiger partial charge in [-0.25, -0.2) is 19.0 Å². The second kappa shape index (κ2) is 11.1. The predicted molar refractivity (Wildman–Crippen MR) is 115 cm³/mol. The first-order chi connectivity index (χ1) is 15.0. The Kier molecular flexibility index (Phi) is 8.03. The van der Waals surface area contributed by atoms with E-state index >= 15 is 0 Å². The predicted octanol–water partition coefficient (Wildman–Crippen LogP) is 3.36. The van der Waals surface area contributed by atoms with Crippen molar-refractivity contribution in [2.24, 2.45) is 5.92 Å². The van der Waals surface area contributed by atoms with Crippen LogP contribution >= 0.6 is 0 Å². The monoisotopic (exact) mass is 429 g/mol. The highest BCUT2D eigenvalue weighted by Gasteiger charge is 2.24. The molecule has 1 aliphatic heterocycles. The van der Waals surface area contributed by atoms with Gasteiger partial charge in [0.15, 0.2) is 0 Å². The molecule has 1 saturated heterocycles. The maximum Gasteiger partial charge on any atom is 0.319 e. The fourth-order valence-electron chi connectivity index (χ4n) is 3.50. The van der Waals surface area contributed by atoms with Crippen molar-refractivity contribution >= 4 is 17.7 Å². The Morgan fingerprint density at radius 1 is 1.26 bits per heavy atom. The summed E-state index contributed by atoms with van der Waals surface area (Å²) in [5.41, 5.74) is 1.21. The molecule has 3 rings (SSSR count). The minimum Gasteiger partial charge on any atom is -0.478 e. The van der Waals surface area contributed by atoms with Crippen LogP contribution in [0.15, 0.2) is 42.6 Å². The second-order valence-electron chi connectivity index (χ2n) is 7.36. The van der Waals surface area contributed by atoms with Gasteiger partial charge in [-0.05, 0) is 49.9 Å². The summed E-state index contributed by atoms with van der Waals surface area (Å²) in [6.07, 6.45) is 3.44. The average Bonchev–Trinajstić information content (AvgIpc) is 2.77. The normalized spacial score (nSPS) is 15.8. The zero-order chi connectivity index (χ0) is 22.1. The number of ether oxygens (including phenoxy) is 1. The standard InChI is InChI=1S/C22H28FN5O3/c1-2-31-20-17(7-4-10-24-20)14-26-22(30)28-11-5-6-16(15-28)13-25-21(29)27-19-9-3-8-18(23)12-19/h3-4,7-10,12,16H,2,5-6,11,13-15H2,1H3,(H,26,30)(H2,25,27,29). The maximum atomic E-state index is 13.2. The molecule has 1 atom stereocenters. The summed E-state index contributed by atoms with van der Waals surface area (Å²) >= 11 is 0. The Balaban J connectivity index is 1.44. The fourth-order valence-corrected chi connectivity index (χ4v) is 3.50. The van der Waals surface area contributed by atoms with Crippen molar-refractivity contribution in [3.8, 4) is 5.88 Å². The van der Waals surface area contributed by atoms with Gasteiger partial charge in [0.2, 0.25) is 5.88 Å². The Labute approximate surface area is 181 Å². The molecule has 31 heavy (non-hydrogen) atoms. The van der Waals surface area contributed by atoms with Crippen molar-refractivity contribution in [2.45, 2.75) is 26.3 Å². The number of piperidine rings is 1. The molecule has 0 spiro atoms. The highest BCUT2D eigenvalue weighted by molar-refractivity contribution is 5.89. The van der Waals surface area contributed by atoms with Crippen molar-refractivity contribution in [2.75, 3.05) is 31.6 Å². The zero-order valence-corrected chi connectivity index (χ0v) is 17.6. The molecule has 1 aromatic carbocycles. The number of hydrogen-bond donors (Lipinski definition) is 3. The van der Waals surface area contributed by atoms with Crippen LogP contribution in [0.5, 0.6) is 5.88 Å². The Morgan fingerprint density at radius 2 is 2.13 bits per heavy atom. The summed E-state index contributed by atoms with van der Waals surface area (Å²) < 4.78 is 18.7. The lowest BCUT2D eigenvalue weighted by atomic mass is 9.98. The molecular weight excluding hydrogens is 401 g/mol. The van der Waals surface area contributed by atoms with Crippen LogP contribution in [-0.4, -0.2) is 48.2 Å². The molecule has 0 radical (unpaired) electrons. The van der Waals surface area contributed by atoms with Crippen molar-refractivity contribution < 1.29 is 18.7 Å². The number of likely N-dealkylation sites (tertiary alicyclic amines) is 1. The van der Waals surface area contributed by atoms with E-state index < -0.39 is 11.8 Å². The second-order valence-corrected chi connectivity index (χ2v) is 7.36. The number of halogens is 1. The lowest BCUT2D eigenvalue weighted by Gasteiger charge is -2.33. The molecular formula is C22H28FN5O3. The van der Waals surface area contributed by atoms with Crippen LogP contribution in [0, 0.1) is 11.7 Å². The van der Waals surface area contributed by atoms with E-state index in [4.69, 9.17) is 4.74 Å². The molecule has 0 saturated carbocycles. The third kappa shape index (κ3) is 6.84. The number of nitrogens with one attached hydrogen (secondary N) is 3. The van der Waals surface area contributed by atoms with E-state index in [1.54, 1.807) is 17.2 Å². The molecule has 9 heteroatoms. The molecule has 0 bridgehead atoms. The van der Waals surface area contributed by atoms with Crippen LogP contribution in [0.4, 0.5) is 19.7 Å². The highest BCUT2D eigenvalue weighted by Crippen LogP contribution is 2.17. The highest BCUT2D eigenvalue weighted by atomic mass is 19.1. The number of pyridine rings is 1. The van der Waals surface area contributed by atoms with E-state index in [0.717, 1.165) is 18.4 Å². The molecule has 3 N–H and O–H groups in total. The van der Waals surface area contributed by atoms with Gasteiger partial charge in [0.05, 0.1) is 6.61 Å². The van der Waals surface area contributed by atoms with Gasteiger partial charge in [-0.2, -0.15) is 0 Å². The van der Waals surface area contributed by atoms with E-state index in [2.05, 4.69) is 20.9 Å². The molecule has 0 aliphatic carbocycles. The van der Waals surface area contributed by atoms with Crippen LogP contribution in [0.3, 0.4) is 0 Å². The van der Waals surface area contributed by atoms with Gasteiger partial charge in [-0.15, -0.1) is 0 Å². The summed E-state index contributed by atoms with van der Waals surface area (Å²) in [5, 5.41) is 8.34. The van der Waals surface area contributed by atoms with Gasteiger partial charge in [-0.1, -0.05) is 12.1 Å². The number of aromatic nitrogens is 1. The fraction of sp³-hybridized carbons (Fsp3) is 0.409. The number of urea groups is 2. The number of rotatable bonds is 7. The molecule has 1 aliphatic rings. The molecule has 1 aromatic heterocycles. The summed E-state index contributed by atoms with van der Waals surface area (Å²) in [4.78, 5) is 30.6. The Morgan fingerprint density at radius 3 is 2.94 bits per heavy atom. The van der Waals surface area contributed by atoms with Crippen molar-refractivity contribution in [3.05, 3.63) is 54.0 Å². The zero-order valence-electron chi connectivity index (χ0n) is 17.6. The van der Waals surface area contributed by atoms with E-state index in [-0.39, 0.29) is 11.9 Å². The number of benzene rings is 1. The number of carbonyl (C=O) groups excluding carboxylic acids is 2. The first kappa shape index (κ1) is 22.3. The average molecular weight is 429 g/mol. The van der Waals surface area contributed by atoms with Gasteiger partial charge in [0.1, 0.15) is 5.82 Å². The molecule has 2 heterocycles. The topological polar surface area (TPSA) is 95.6 Å². The number of carbonyl (C=O) groups is 2. The minimum atomic E-state index is -0.411. The van der Waals surface area contributed by atoms with Gasteiger partial charge in [0.25, 0.3) is 0 Å². The number of amides is 4. The first-order valence-corrected chi connectivity index (χ1v) is 10.4. The van der Waals surface area contributed by atoms with Crippen molar-refractivity contribution in [3.63, 3.8) is 0 Å². The van der Waals surface area contributed by atoms with Crippen LogP contribution in [-0.2, 0) is 6.54 Å². The van der Waals surface area contributed by atoms with Gasteiger partial charge in [-0.3, -0.25) is 0 Å². The lowest BCUT2D eigenvalue weighted by Crippen LogP contribution is -2.47. The van der Waals surface area contributed by atoms with Crippen molar-refractivity contribution in [1.29, 1.82) is 0 Å². The van der Waals surface area contributed by atoms with Crippen LogP contribution < -0.4 is 20.7 Å². The number of nitrogens with zero attached hydrogens (tertiary/aromatic N) is 2. The van der Waals surface area contributed by atoms with E-state index in [1.165, 1.54) is 18.2 Å². The Bertz CT molecular complexity index is 895. The quantitative estimate of drug-likeness (QED) is 0.629. The summed E-state index contributed by atoms with van der Waals surface area (Å²) in [6, 6.07) is 8.86. The summed E-state index contributed by atoms with van der Waals surface area (Å²) in [7, 11) is 0. The molecule has 1 unspecified atom stereocenters. The smallest absolute Gasteiger partial charge is 0.319 e. The maximum absolute atomic E-state index is 13.2. The van der Waals surface area contributed by atoms with Gasteiger partial charge in [0, 0.05) is 43.6 Å². The SMILES string of the molecule is CCOc1ncccc1CNC(=O)N1CCCC(CNC(=O)Nc2cccc(F)c2)C1.